The lowest BCUT2D eigenvalue weighted by molar-refractivity contribution is -0.132. The Morgan fingerprint density at radius 1 is 1.19 bits per heavy atom. The van der Waals surface area contributed by atoms with Gasteiger partial charge >= 0.3 is 0 Å². The summed E-state index contributed by atoms with van der Waals surface area (Å²) >= 11 is 0. The summed E-state index contributed by atoms with van der Waals surface area (Å²) in [5.74, 6) is 0.940. The molecule has 0 aromatic rings. The number of ketones is 1. The second-order valence-electron chi connectivity index (χ2n) is 9.76. The van der Waals surface area contributed by atoms with Crippen LogP contribution in [-0.4, -0.2) is 24.6 Å². The highest BCUT2D eigenvalue weighted by Gasteiger charge is 2.48. The molecule has 4 aliphatic rings. The molecule has 4 atom stereocenters. The van der Waals surface area contributed by atoms with Crippen LogP contribution < -0.4 is 0 Å². The minimum Gasteiger partial charge on any atom is -0.465 e. The zero-order valence-electron chi connectivity index (χ0n) is 20.7. The van der Waals surface area contributed by atoms with Crippen molar-refractivity contribution in [1.82, 2.24) is 0 Å². The summed E-state index contributed by atoms with van der Waals surface area (Å²) in [6.45, 7) is 13.3. The number of allylic oxidation sites excluding steroid dienone is 8. The topological polar surface area (TPSA) is 60.4 Å². The SMILES string of the molecule is CC1CC=C2C3=C(CCC21C)C1(C)C=CC(=O)C=C1CC3.CCC(C)OC=O.CCC=O. The van der Waals surface area contributed by atoms with Crippen molar-refractivity contribution in [2.45, 2.75) is 92.6 Å². The fourth-order valence-electron chi connectivity index (χ4n) is 5.26. The minimum absolute atomic E-state index is 0.00942. The summed E-state index contributed by atoms with van der Waals surface area (Å²) in [6.07, 6.45) is 16.7. The summed E-state index contributed by atoms with van der Waals surface area (Å²) in [5, 5.41) is 0. The summed E-state index contributed by atoms with van der Waals surface area (Å²) in [5.41, 5.74) is 6.61. The molecule has 0 bridgehead atoms. The van der Waals surface area contributed by atoms with Crippen LogP contribution in [0.2, 0.25) is 0 Å². The van der Waals surface area contributed by atoms with Crippen molar-refractivity contribution in [2.24, 2.45) is 16.7 Å². The van der Waals surface area contributed by atoms with Gasteiger partial charge in [0.25, 0.3) is 6.47 Å². The number of hydrogen-bond acceptors (Lipinski definition) is 4. The van der Waals surface area contributed by atoms with E-state index in [2.05, 4.69) is 37.7 Å². The van der Waals surface area contributed by atoms with E-state index in [0.717, 1.165) is 31.5 Å². The smallest absolute Gasteiger partial charge is 0.293 e. The van der Waals surface area contributed by atoms with E-state index in [-0.39, 0.29) is 17.3 Å². The van der Waals surface area contributed by atoms with Gasteiger partial charge in [-0.25, -0.2) is 0 Å². The lowest BCUT2D eigenvalue weighted by Crippen LogP contribution is -2.36. The van der Waals surface area contributed by atoms with Gasteiger partial charge in [0.15, 0.2) is 5.78 Å². The normalized spacial score (nSPS) is 30.7. The van der Waals surface area contributed by atoms with E-state index < -0.39 is 0 Å². The Balaban J connectivity index is 0.000000278. The van der Waals surface area contributed by atoms with E-state index in [1.807, 2.05) is 26.8 Å². The van der Waals surface area contributed by atoms with Gasteiger partial charge in [0.2, 0.25) is 0 Å². The Kier molecular flexibility index (Phi) is 9.00. The molecule has 0 fully saturated rings. The van der Waals surface area contributed by atoms with E-state index in [0.29, 0.717) is 18.3 Å². The largest absolute Gasteiger partial charge is 0.465 e. The maximum Gasteiger partial charge on any atom is 0.293 e. The van der Waals surface area contributed by atoms with Crippen LogP contribution in [0.5, 0.6) is 0 Å². The molecule has 0 saturated heterocycles. The van der Waals surface area contributed by atoms with Crippen molar-refractivity contribution in [2.75, 3.05) is 0 Å². The zero-order chi connectivity index (χ0) is 23.9. The quantitative estimate of drug-likeness (QED) is 0.470. The predicted molar refractivity (Wildman–Crippen MR) is 129 cm³/mol. The average Bonchev–Trinajstić information content (AvgIpc) is 3.09. The maximum atomic E-state index is 11.7. The third kappa shape index (κ3) is 5.22. The van der Waals surface area contributed by atoms with Gasteiger partial charge in [-0.2, -0.15) is 0 Å². The Morgan fingerprint density at radius 2 is 1.88 bits per heavy atom. The van der Waals surface area contributed by atoms with Gasteiger partial charge in [-0.15, -0.1) is 0 Å². The monoisotopic (exact) mass is 440 g/mol. The van der Waals surface area contributed by atoms with Crippen LogP contribution in [0.15, 0.2) is 46.6 Å². The van der Waals surface area contributed by atoms with E-state index in [9.17, 15) is 14.4 Å². The van der Waals surface area contributed by atoms with Gasteiger partial charge in [-0.3, -0.25) is 9.59 Å². The van der Waals surface area contributed by atoms with Crippen LogP contribution in [0.3, 0.4) is 0 Å². The predicted octanol–water partition coefficient (Wildman–Crippen LogP) is 6.47. The Hall–Kier alpha value is -2.23. The van der Waals surface area contributed by atoms with Crippen LogP contribution in [0.4, 0.5) is 0 Å². The fourth-order valence-corrected chi connectivity index (χ4v) is 5.26. The molecular weight excluding hydrogens is 400 g/mol. The number of rotatable bonds is 4. The van der Waals surface area contributed by atoms with E-state index >= 15 is 0 Å². The molecule has 176 valence electrons. The van der Waals surface area contributed by atoms with Gasteiger partial charge < -0.3 is 9.53 Å². The first-order chi connectivity index (χ1) is 15.2. The first-order valence-electron chi connectivity index (χ1n) is 12.1. The van der Waals surface area contributed by atoms with Crippen molar-refractivity contribution < 1.29 is 19.1 Å². The van der Waals surface area contributed by atoms with Crippen molar-refractivity contribution in [3.8, 4) is 0 Å². The number of carbonyl (C=O) groups excluding carboxylic acids is 3. The summed E-state index contributed by atoms with van der Waals surface area (Å²) < 4.78 is 4.51. The fraction of sp³-hybridized carbons (Fsp3) is 0.607. The molecular formula is C28H40O4. The van der Waals surface area contributed by atoms with Gasteiger partial charge in [0.05, 0.1) is 6.10 Å². The maximum absolute atomic E-state index is 11.7. The molecule has 0 N–H and O–H groups in total. The first-order valence-corrected chi connectivity index (χ1v) is 12.1. The highest BCUT2D eigenvalue weighted by atomic mass is 16.5. The molecule has 0 aliphatic heterocycles. The molecule has 4 nitrogen and oxygen atoms in total. The van der Waals surface area contributed by atoms with Crippen molar-refractivity contribution in [3.05, 3.63) is 46.6 Å². The Labute approximate surface area is 193 Å². The highest BCUT2D eigenvalue weighted by Crippen LogP contribution is 2.61. The van der Waals surface area contributed by atoms with Crippen LogP contribution >= 0.6 is 0 Å². The summed E-state index contributed by atoms with van der Waals surface area (Å²) in [7, 11) is 0. The highest BCUT2D eigenvalue weighted by molar-refractivity contribution is 6.01. The van der Waals surface area contributed by atoms with Gasteiger partial charge in [0, 0.05) is 11.8 Å². The van der Waals surface area contributed by atoms with E-state index in [1.54, 1.807) is 22.8 Å². The second kappa shape index (κ2) is 11.1. The molecule has 4 aliphatic carbocycles. The molecule has 4 heteroatoms. The number of ether oxygens (including phenoxy) is 1. The van der Waals surface area contributed by atoms with Crippen LogP contribution in [0, 0.1) is 16.7 Å². The number of fused-ring (bicyclic) bond motifs is 4. The number of hydrogen-bond donors (Lipinski definition) is 0. The lowest BCUT2D eigenvalue weighted by atomic mass is 9.56. The average molecular weight is 441 g/mol. The van der Waals surface area contributed by atoms with Crippen LogP contribution in [0.1, 0.15) is 86.5 Å². The van der Waals surface area contributed by atoms with Gasteiger partial charge in [0.1, 0.15) is 6.29 Å². The molecule has 0 aromatic carbocycles. The molecule has 0 radical (unpaired) electrons. The van der Waals surface area contributed by atoms with Crippen LogP contribution in [-0.2, 0) is 19.1 Å². The molecule has 0 spiro atoms. The second-order valence-corrected chi connectivity index (χ2v) is 9.76. The van der Waals surface area contributed by atoms with E-state index in [1.165, 1.54) is 24.8 Å². The Bertz CT molecular complexity index is 843. The first kappa shape index (κ1) is 26.0. The third-order valence-electron chi connectivity index (χ3n) is 7.83. The van der Waals surface area contributed by atoms with E-state index in [4.69, 9.17) is 0 Å². The summed E-state index contributed by atoms with van der Waals surface area (Å²) in [6, 6.07) is 0. The number of aldehydes is 1. The summed E-state index contributed by atoms with van der Waals surface area (Å²) in [4.78, 5) is 30.4. The minimum atomic E-state index is 0.00942. The molecule has 4 rings (SSSR count). The Morgan fingerprint density at radius 3 is 2.44 bits per heavy atom. The third-order valence-corrected chi connectivity index (χ3v) is 7.83. The van der Waals surface area contributed by atoms with Crippen molar-refractivity contribution in [3.63, 3.8) is 0 Å². The van der Waals surface area contributed by atoms with Gasteiger partial charge in [-0.1, -0.05) is 51.0 Å². The van der Waals surface area contributed by atoms with Crippen molar-refractivity contribution in [1.29, 1.82) is 0 Å². The van der Waals surface area contributed by atoms with Crippen molar-refractivity contribution >= 4 is 18.5 Å². The zero-order valence-corrected chi connectivity index (χ0v) is 20.7. The molecule has 0 amide bonds. The lowest BCUT2D eigenvalue weighted by Gasteiger charge is -2.48. The molecule has 0 aromatic heterocycles. The van der Waals surface area contributed by atoms with Crippen LogP contribution in [0.25, 0.3) is 0 Å². The number of carbonyl (C=O) groups is 3. The molecule has 32 heavy (non-hydrogen) atoms. The molecule has 4 unspecified atom stereocenters. The molecule has 0 saturated carbocycles. The molecule has 0 heterocycles. The standard InChI is InChI=1S/C20H24O.C5H10O2.C3H6O/c1-13-4-7-17-16-6-5-14-12-15(21)8-10-20(14,3)18(16)9-11-19(13,17)2;1-3-5(2)7-4-6;1-2-3-4/h7-8,10,12-13H,4-6,9,11H2,1-3H3;4-5H,3H2,1-2H3;3H,2H2,1H3. The van der Waals surface area contributed by atoms with Gasteiger partial charge in [-0.05, 0) is 87.0 Å².